The summed E-state index contributed by atoms with van der Waals surface area (Å²) in [5, 5.41) is 4.72. The van der Waals surface area contributed by atoms with Gasteiger partial charge in [-0.3, -0.25) is 0 Å². The summed E-state index contributed by atoms with van der Waals surface area (Å²) in [6, 6.07) is 35.3. The highest BCUT2D eigenvalue weighted by molar-refractivity contribution is 6.09. The van der Waals surface area contributed by atoms with E-state index in [-0.39, 0.29) is 0 Å². The highest BCUT2D eigenvalue weighted by Crippen LogP contribution is 2.35. The van der Waals surface area contributed by atoms with Crippen LogP contribution in [0.25, 0.3) is 21.5 Å². The number of ether oxygens (including phenoxy) is 2. The predicted octanol–water partition coefficient (Wildman–Crippen LogP) is 7.77. The van der Waals surface area contributed by atoms with Crippen molar-refractivity contribution < 1.29 is 9.47 Å². The summed E-state index contributed by atoms with van der Waals surface area (Å²) in [4.78, 5) is 0. The molecule has 5 aromatic rings. The van der Waals surface area contributed by atoms with Crippen LogP contribution in [0.2, 0.25) is 0 Å². The standard InChI is InChI=1S/C29H24O2/c1-20-10-16-24(17-11-20)30-29(31-25-18-12-21(2)13-19-25)27-9-5-7-23-15-14-22-6-3-4-8-26(22)28(23)27/h3-19,29H,1-2H3. The molecule has 0 aliphatic heterocycles. The molecule has 5 aromatic carbocycles. The van der Waals surface area contributed by atoms with E-state index in [0.717, 1.165) is 22.4 Å². The maximum absolute atomic E-state index is 6.42. The van der Waals surface area contributed by atoms with Gasteiger partial charge in [-0.2, -0.15) is 0 Å². The van der Waals surface area contributed by atoms with Crippen LogP contribution in [0, 0.1) is 13.8 Å². The lowest BCUT2D eigenvalue weighted by Gasteiger charge is -2.23. The molecule has 5 rings (SSSR count). The topological polar surface area (TPSA) is 18.5 Å². The molecule has 0 saturated carbocycles. The van der Waals surface area contributed by atoms with Crippen LogP contribution < -0.4 is 9.47 Å². The molecule has 2 nitrogen and oxygen atoms in total. The van der Waals surface area contributed by atoms with E-state index >= 15 is 0 Å². The minimum Gasteiger partial charge on any atom is -0.451 e. The van der Waals surface area contributed by atoms with Crippen molar-refractivity contribution >= 4 is 21.5 Å². The van der Waals surface area contributed by atoms with Crippen LogP contribution in [0.3, 0.4) is 0 Å². The Morgan fingerprint density at radius 1 is 0.516 bits per heavy atom. The molecule has 0 aliphatic rings. The number of rotatable bonds is 5. The predicted molar refractivity (Wildman–Crippen MR) is 128 cm³/mol. The maximum atomic E-state index is 6.42. The highest BCUT2D eigenvalue weighted by Gasteiger charge is 2.20. The minimum absolute atomic E-state index is 0.583. The van der Waals surface area contributed by atoms with Gasteiger partial charge in [-0.05, 0) is 54.3 Å². The Morgan fingerprint density at radius 3 is 1.71 bits per heavy atom. The molecule has 0 spiro atoms. The lowest BCUT2D eigenvalue weighted by molar-refractivity contribution is 0.00505. The van der Waals surface area contributed by atoms with Crippen molar-refractivity contribution in [1.29, 1.82) is 0 Å². The first-order chi connectivity index (χ1) is 15.2. The Hall–Kier alpha value is -3.78. The molecular weight excluding hydrogens is 380 g/mol. The Morgan fingerprint density at radius 2 is 1.06 bits per heavy atom. The van der Waals surface area contributed by atoms with E-state index in [1.165, 1.54) is 27.3 Å². The molecule has 0 bridgehead atoms. The molecule has 0 amide bonds. The molecule has 0 saturated heterocycles. The van der Waals surface area contributed by atoms with E-state index in [1.807, 2.05) is 24.3 Å². The summed E-state index contributed by atoms with van der Waals surface area (Å²) in [6.45, 7) is 4.14. The van der Waals surface area contributed by atoms with Crippen LogP contribution in [-0.4, -0.2) is 0 Å². The minimum atomic E-state index is -0.583. The molecule has 0 aliphatic carbocycles. The monoisotopic (exact) mass is 404 g/mol. The van der Waals surface area contributed by atoms with Gasteiger partial charge in [0.25, 0.3) is 6.29 Å². The highest BCUT2D eigenvalue weighted by atomic mass is 16.7. The molecule has 0 heterocycles. The summed E-state index contributed by atoms with van der Waals surface area (Å²) in [7, 11) is 0. The van der Waals surface area contributed by atoms with E-state index < -0.39 is 6.29 Å². The Bertz CT molecular complexity index is 1290. The Balaban J connectivity index is 1.66. The van der Waals surface area contributed by atoms with Gasteiger partial charge in [-0.25, -0.2) is 0 Å². The molecule has 0 radical (unpaired) electrons. The van der Waals surface area contributed by atoms with Crippen LogP contribution >= 0.6 is 0 Å². The summed E-state index contributed by atoms with van der Waals surface area (Å²) in [5.74, 6) is 1.56. The lowest BCUT2D eigenvalue weighted by Crippen LogP contribution is -2.15. The Labute approximate surface area is 182 Å². The first-order valence-electron chi connectivity index (χ1n) is 10.5. The second kappa shape index (κ2) is 8.16. The fraction of sp³-hybridized carbons (Fsp3) is 0.103. The normalized spacial score (nSPS) is 11.2. The number of aryl methyl sites for hydroxylation is 2. The molecule has 0 atom stereocenters. The average molecular weight is 405 g/mol. The van der Waals surface area contributed by atoms with Crippen molar-refractivity contribution in [3.8, 4) is 11.5 Å². The van der Waals surface area contributed by atoms with Gasteiger partial charge < -0.3 is 9.47 Å². The summed E-state index contributed by atoms with van der Waals surface area (Å²) in [5.41, 5.74) is 3.40. The van der Waals surface area contributed by atoms with Crippen LogP contribution in [0.4, 0.5) is 0 Å². The zero-order valence-corrected chi connectivity index (χ0v) is 17.7. The molecule has 31 heavy (non-hydrogen) atoms. The summed E-state index contributed by atoms with van der Waals surface area (Å²) >= 11 is 0. The average Bonchev–Trinajstić information content (AvgIpc) is 2.81. The third-order valence-corrected chi connectivity index (χ3v) is 5.58. The van der Waals surface area contributed by atoms with Crippen molar-refractivity contribution in [3.63, 3.8) is 0 Å². The third-order valence-electron chi connectivity index (χ3n) is 5.58. The molecule has 2 heteroatoms. The van der Waals surface area contributed by atoms with Crippen molar-refractivity contribution in [3.05, 3.63) is 120 Å². The number of hydrogen-bond acceptors (Lipinski definition) is 2. The molecular formula is C29H24O2. The van der Waals surface area contributed by atoms with Gasteiger partial charge in [-0.1, -0.05) is 90.0 Å². The van der Waals surface area contributed by atoms with Gasteiger partial charge in [-0.15, -0.1) is 0 Å². The van der Waals surface area contributed by atoms with Crippen molar-refractivity contribution in [2.45, 2.75) is 20.1 Å². The van der Waals surface area contributed by atoms with Gasteiger partial charge >= 0.3 is 0 Å². The first-order valence-corrected chi connectivity index (χ1v) is 10.5. The quantitative estimate of drug-likeness (QED) is 0.220. The SMILES string of the molecule is Cc1ccc(OC(Oc2ccc(C)cc2)c2cccc3ccc4ccccc4c23)cc1. The van der Waals surface area contributed by atoms with Crippen LogP contribution in [0.5, 0.6) is 11.5 Å². The van der Waals surface area contributed by atoms with Gasteiger partial charge in [0, 0.05) is 10.9 Å². The molecule has 0 N–H and O–H groups in total. The van der Waals surface area contributed by atoms with Gasteiger partial charge in [0.05, 0.1) is 0 Å². The van der Waals surface area contributed by atoms with Gasteiger partial charge in [0.1, 0.15) is 11.5 Å². The third kappa shape index (κ3) is 3.97. The van der Waals surface area contributed by atoms with E-state index in [1.54, 1.807) is 0 Å². The fourth-order valence-corrected chi connectivity index (χ4v) is 3.92. The number of hydrogen-bond donors (Lipinski definition) is 0. The maximum Gasteiger partial charge on any atom is 0.268 e. The zero-order valence-electron chi connectivity index (χ0n) is 17.7. The van der Waals surface area contributed by atoms with Crippen LogP contribution in [-0.2, 0) is 0 Å². The first kappa shape index (κ1) is 19.2. The zero-order chi connectivity index (χ0) is 21.2. The fourth-order valence-electron chi connectivity index (χ4n) is 3.92. The second-order valence-electron chi connectivity index (χ2n) is 7.93. The number of fused-ring (bicyclic) bond motifs is 3. The van der Waals surface area contributed by atoms with Crippen LogP contribution in [0.1, 0.15) is 23.0 Å². The molecule has 0 fully saturated rings. The van der Waals surface area contributed by atoms with Crippen molar-refractivity contribution in [2.75, 3.05) is 0 Å². The Kier molecular flexibility index (Phi) is 5.05. The lowest BCUT2D eigenvalue weighted by atomic mass is 9.97. The van der Waals surface area contributed by atoms with E-state index in [2.05, 4.69) is 92.7 Å². The van der Waals surface area contributed by atoms with E-state index in [9.17, 15) is 0 Å². The molecule has 0 unspecified atom stereocenters. The van der Waals surface area contributed by atoms with Gasteiger partial charge in [0.2, 0.25) is 0 Å². The molecule has 152 valence electrons. The van der Waals surface area contributed by atoms with Gasteiger partial charge in [0.15, 0.2) is 0 Å². The smallest absolute Gasteiger partial charge is 0.268 e. The van der Waals surface area contributed by atoms with E-state index in [4.69, 9.17) is 9.47 Å². The summed E-state index contributed by atoms with van der Waals surface area (Å²) in [6.07, 6.45) is -0.583. The number of benzene rings is 5. The second-order valence-corrected chi connectivity index (χ2v) is 7.93. The largest absolute Gasteiger partial charge is 0.451 e. The van der Waals surface area contributed by atoms with Crippen molar-refractivity contribution in [1.82, 2.24) is 0 Å². The van der Waals surface area contributed by atoms with Crippen molar-refractivity contribution in [2.24, 2.45) is 0 Å². The molecule has 0 aromatic heterocycles. The van der Waals surface area contributed by atoms with E-state index in [0.29, 0.717) is 0 Å². The summed E-state index contributed by atoms with van der Waals surface area (Å²) < 4.78 is 12.8. The van der Waals surface area contributed by atoms with Crippen LogP contribution in [0.15, 0.2) is 103 Å².